The Bertz CT molecular complexity index is 373. The first-order valence-corrected chi connectivity index (χ1v) is 7.96. The Morgan fingerprint density at radius 2 is 1.53 bits per heavy atom. The maximum atomic E-state index is 10.5. The summed E-state index contributed by atoms with van der Waals surface area (Å²) in [6.07, 6.45) is 10.2. The summed E-state index contributed by atoms with van der Waals surface area (Å²) in [6.45, 7) is 2.24. The van der Waals surface area contributed by atoms with E-state index in [-0.39, 0.29) is 24.4 Å². The van der Waals surface area contributed by atoms with Gasteiger partial charge in [0.25, 0.3) is 0 Å². The largest absolute Gasteiger partial charge is 0.363 e. The minimum absolute atomic E-state index is 0.0985. The molecule has 6 unspecified atom stereocenters. The first-order valence-electron chi connectivity index (χ1n) is 7.96. The van der Waals surface area contributed by atoms with Gasteiger partial charge in [-0.15, -0.1) is 0 Å². The molecule has 3 aliphatic heterocycles. The van der Waals surface area contributed by atoms with Gasteiger partial charge in [0.05, 0.1) is 0 Å². The van der Waals surface area contributed by atoms with Gasteiger partial charge in [0.15, 0.2) is 5.60 Å². The van der Waals surface area contributed by atoms with E-state index >= 15 is 0 Å². The van der Waals surface area contributed by atoms with Gasteiger partial charge in [-0.25, -0.2) is 0 Å². The number of fused-ring (bicyclic) bond motifs is 6. The maximum absolute atomic E-state index is 10.5. The fourth-order valence-corrected chi connectivity index (χ4v) is 3.97. The van der Waals surface area contributed by atoms with Crippen molar-refractivity contribution >= 4 is 0 Å². The highest BCUT2D eigenvalue weighted by molar-refractivity contribution is 5.34. The third-order valence-corrected chi connectivity index (χ3v) is 5.27. The highest BCUT2D eigenvalue weighted by Crippen LogP contribution is 2.70. The van der Waals surface area contributed by atoms with Crippen molar-refractivity contribution in [3.63, 3.8) is 0 Å². The predicted octanol–water partition coefficient (Wildman–Crippen LogP) is 2.13. The Morgan fingerprint density at radius 1 is 0.895 bits per heavy atom. The molecule has 4 nitrogen and oxygen atoms in total. The Labute approximate surface area is 114 Å². The van der Waals surface area contributed by atoms with Crippen LogP contribution in [0.1, 0.15) is 58.3 Å². The van der Waals surface area contributed by atoms with E-state index in [1.165, 1.54) is 38.5 Å². The zero-order valence-electron chi connectivity index (χ0n) is 11.6. The molecule has 0 aromatic carbocycles. The molecular formula is C15H24O4. The van der Waals surface area contributed by atoms with Gasteiger partial charge in [0, 0.05) is 0 Å². The van der Waals surface area contributed by atoms with Crippen molar-refractivity contribution < 1.29 is 19.3 Å². The van der Waals surface area contributed by atoms with E-state index in [1.54, 1.807) is 0 Å². The lowest BCUT2D eigenvalue weighted by atomic mass is 9.83. The highest BCUT2D eigenvalue weighted by Gasteiger charge is 2.92. The number of aliphatic hydroxyl groups is 1. The molecule has 0 aromatic heterocycles. The molecule has 0 amide bonds. The zero-order valence-corrected chi connectivity index (χ0v) is 11.6. The lowest BCUT2D eigenvalue weighted by Gasteiger charge is -2.15. The van der Waals surface area contributed by atoms with Gasteiger partial charge in [0.2, 0.25) is 5.79 Å². The minimum Gasteiger partial charge on any atom is -0.363 e. The van der Waals surface area contributed by atoms with E-state index in [0.29, 0.717) is 0 Å². The van der Waals surface area contributed by atoms with Crippen LogP contribution in [0.2, 0.25) is 0 Å². The topological polar surface area (TPSA) is 57.8 Å². The van der Waals surface area contributed by atoms with Crippen molar-refractivity contribution in [3.8, 4) is 0 Å². The summed E-state index contributed by atoms with van der Waals surface area (Å²) in [6, 6.07) is 0. The average Bonchev–Trinajstić information content (AvgIpc) is 3.20. The van der Waals surface area contributed by atoms with Gasteiger partial charge in [0.1, 0.15) is 24.4 Å². The van der Waals surface area contributed by atoms with Crippen LogP contribution in [0.3, 0.4) is 0 Å². The van der Waals surface area contributed by atoms with Crippen LogP contribution in [0.5, 0.6) is 0 Å². The number of epoxide rings is 3. The van der Waals surface area contributed by atoms with Crippen molar-refractivity contribution in [1.29, 1.82) is 0 Å². The second kappa shape index (κ2) is 4.17. The van der Waals surface area contributed by atoms with Crippen molar-refractivity contribution in [3.05, 3.63) is 0 Å². The molecule has 4 heteroatoms. The minimum atomic E-state index is -1.02. The maximum Gasteiger partial charge on any atom is 0.228 e. The molecule has 4 fully saturated rings. The van der Waals surface area contributed by atoms with Crippen LogP contribution in [0.4, 0.5) is 0 Å². The van der Waals surface area contributed by atoms with Gasteiger partial charge < -0.3 is 19.3 Å². The fourth-order valence-electron chi connectivity index (χ4n) is 3.97. The number of hydrogen-bond donors (Lipinski definition) is 1. The molecule has 0 aromatic rings. The average molecular weight is 268 g/mol. The number of ether oxygens (including phenoxy) is 3. The fraction of sp³-hybridized carbons (Fsp3) is 1.00. The van der Waals surface area contributed by atoms with Gasteiger partial charge >= 0.3 is 0 Å². The van der Waals surface area contributed by atoms with Crippen LogP contribution in [0.25, 0.3) is 0 Å². The normalized spacial score (nSPS) is 52.1. The molecular weight excluding hydrogens is 244 g/mol. The Kier molecular flexibility index (Phi) is 2.76. The van der Waals surface area contributed by atoms with E-state index in [1.807, 2.05) is 0 Å². The summed E-state index contributed by atoms with van der Waals surface area (Å²) in [5, 5.41) is 10.5. The molecule has 6 atom stereocenters. The van der Waals surface area contributed by atoms with Gasteiger partial charge in [-0.1, -0.05) is 51.9 Å². The molecule has 0 radical (unpaired) electrons. The summed E-state index contributed by atoms with van der Waals surface area (Å²) in [5.74, 6) is -1.02. The Balaban J connectivity index is 1.22. The Morgan fingerprint density at radius 3 is 2.32 bits per heavy atom. The summed E-state index contributed by atoms with van der Waals surface area (Å²) in [5.41, 5.74) is -0.418. The van der Waals surface area contributed by atoms with E-state index in [2.05, 4.69) is 6.92 Å². The van der Waals surface area contributed by atoms with Crippen molar-refractivity contribution in [2.75, 3.05) is 0 Å². The second-order valence-electron chi connectivity index (χ2n) is 6.60. The lowest BCUT2D eigenvalue weighted by Crippen LogP contribution is -2.41. The summed E-state index contributed by atoms with van der Waals surface area (Å²) in [7, 11) is 0. The third-order valence-electron chi connectivity index (χ3n) is 5.27. The lowest BCUT2D eigenvalue weighted by molar-refractivity contribution is 0.00972. The smallest absolute Gasteiger partial charge is 0.228 e. The number of rotatable bonds is 8. The third kappa shape index (κ3) is 1.73. The SMILES string of the molecule is CCCCCCCCCC12OC1(O)C1OC1C1OC12. The number of hydrogen-bond acceptors (Lipinski definition) is 4. The number of unbranched alkanes of at least 4 members (excludes halogenated alkanes) is 6. The Hall–Kier alpha value is -0.160. The molecule has 0 spiro atoms. The first-order chi connectivity index (χ1) is 9.23. The van der Waals surface area contributed by atoms with Crippen LogP contribution in [0, 0.1) is 0 Å². The molecule has 19 heavy (non-hydrogen) atoms. The van der Waals surface area contributed by atoms with E-state index in [4.69, 9.17) is 14.2 Å². The monoisotopic (exact) mass is 268 g/mol. The quantitative estimate of drug-likeness (QED) is 0.541. The second-order valence-corrected chi connectivity index (χ2v) is 6.60. The molecule has 108 valence electrons. The van der Waals surface area contributed by atoms with Crippen LogP contribution in [0.15, 0.2) is 0 Å². The molecule has 4 aliphatic rings. The summed E-state index contributed by atoms with van der Waals surface area (Å²) >= 11 is 0. The van der Waals surface area contributed by atoms with Gasteiger partial charge in [-0.2, -0.15) is 0 Å². The zero-order chi connectivity index (χ0) is 13.1. The first kappa shape index (κ1) is 12.6. The van der Waals surface area contributed by atoms with Crippen molar-refractivity contribution in [2.45, 2.75) is 94.1 Å². The van der Waals surface area contributed by atoms with Crippen molar-refractivity contribution in [2.24, 2.45) is 0 Å². The summed E-state index contributed by atoms with van der Waals surface area (Å²) < 4.78 is 16.9. The summed E-state index contributed by atoms with van der Waals surface area (Å²) in [4.78, 5) is 0. The molecule has 1 aliphatic carbocycles. The molecule has 1 N–H and O–H groups in total. The standard InChI is InChI=1S/C15H24O4/c1-2-3-4-5-6-7-8-9-14-12-10(17-12)11-13(18-11)15(14,16)19-14/h10-13,16H,2-9H2,1H3. The predicted molar refractivity (Wildman–Crippen MR) is 68.7 cm³/mol. The molecule has 3 saturated heterocycles. The van der Waals surface area contributed by atoms with Crippen LogP contribution in [-0.2, 0) is 14.2 Å². The van der Waals surface area contributed by atoms with Gasteiger partial charge in [-0.3, -0.25) is 0 Å². The van der Waals surface area contributed by atoms with Crippen LogP contribution >= 0.6 is 0 Å². The van der Waals surface area contributed by atoms with E-state index in [9.17, 15) is 5.11 Å². The highest BCUT2D eigenvalue weighted by atomic mass is 16.8. The molecule has 1 saturated carbocycles. The molecule has 3 heterocycles. The van der Waals surface area contributed by atoms with Gasteiger partial charge in [-0.05, 0) is 6.42 Å². The van der Waals surface area contributed by atoms with E-state index < -0.39 is 11.4 Å². The van der Waals surface area contributed by atoms with Crippen molar-refractivity contribution in [1.82, 2.24) is 0 Å². The van der Waals surface area contributed by atoms with Crippen LogP contribution in [-0.4, -0.2) is 40.9 Å². The molecule has 0 bridgehead atoms. The van der Waals surface area contributed by atoms with Crippen LogP contribution < -0.4 is 0 Å². The van der Waals surface area contributed by atoms with E-state index in [0.717, 1.165) is 12.8 Å². The molecule has 4 rings (SSSR count).